The van der Waals surface area contributed by atoms with E-state index in [0.717, 1.165) is 12.1 Å². The van der Waals surface area contributed by atoms with E-state index in [1.165, 1.54) is 0 Å². The Morgan fingerprint density at radius 1 is 1.15 bits per heavy atom. The highest BCUT2D eigenvalue weighted by Crippen LogP contribution is 2.18. The lowest BCUT2D eigenvalue weighted by Gasteiger charge is -2.32. The molecular formula is C20H30N4O3. The fraction of sp³-hybridized carbons (Fsp3) is 0.550. The van der Waals surface area contributed by atoms with Crippen LogP contribution >= 0.6 is 0 Å². The van der Waals surface area contributed by atoms with Crippen molar-refractivity contribution in [3.05, 3.63) is 30.3 Å². The van der Waals surface area contributed by atoms with E-state index in [1.807, 2.05) is 51.1 Å². The van der Waals surface area contributed by atoms with Crippen molar-refractivity contribution < 1.29 is 14.4 Å². The van der Waals surface area contributed by atoms with Gasteiger partial charge in [-0.3, -0.25) is 9.59 Å². The molecule has 0 saturated carbocycles. The Labute approximate surface area is 160 Å². The monoisotopic (exact) mass is 374 g/mol. The van der Waals surface area contributed by atoms with E-state index >= 15 is 0 Å². The van der Waals surface area contributed by atoms with Crippen molar-refractivity contribution >= 4 is 23.5 Å². The molecule has 1 aliphatic rings. The van der Waals surface area contributed by atoms with Gasteiger partial charge in [-0.1, -0.05) is 18.2 Å². The Kier molecular flexibility index (Phi) is 6.82. The number of carbonyl (C=O) groups is 3. The number of hydrogen-bond donors (Lipinski definition) is 3. The standard InChI is InChI=1S/C20H30N4O3/c1-14(17(25)23-20(2,3)4)21-18(26)15-9-8-12-24(13-15)19(27)22-16-10-6-5-7-11-16/h5-7,10-11,14-15H,8-9,12-13H2,1-4H3,(H,21,26)(H,22,27)(H,23,25). The second-order valence-corrected chi connectivity index (χ2v) is 8.05. The second kappa shape index (κ2) is 8.88. The molecule has 1 aliphatic heterocycles. The molecule has 4 amide bonds. The van der Waals surface area contributed by atoms with Crippen LogP contribution in [0.1, 0.15) is 40.5 Å². The third kappa shape index (κ3) is 6.58. The van der Waals surface area contributed by atoms with Crippen LogP contribution in [0.2, 0.25) is 0 Å². The number of rotatable bonds is 4. The zero-order valence-electron chi connectivity index (χ0n) is 16.5. The molecule has 7 heteroatoms. The highest BCUT2D eigenvalue weighted by Gasteiger charge is 2.30. The van der Waals surface area contributed by atoms with E-state index in [4.69, 9.17) is 0 Å². The molecule has 1 fully saturated rings. The van der Waals surface area contributed by atoms with Gasteiger partial charge in [-0.2, -0.15) is 0 Å². The van der Waals surface area contributed by atoms with Gasteiger partial charge in [0.25, 0.3) is 0 Å². The molecule has 1 aromatic rings. The first-order chi connectivity index (χ1) is 12.7. The van der Waals surface area contributed by atoms with Crippen LogP contribution in [0.4, 0.5) is 10.5 Å². The van der Waals surface area contributed by atoms with Crippen molar-refractivity contribution in [1.29, 1.82) is 0 Å². The van der Waals surface area contributed by atoms with Crippen LogP contribution in [0.3, 0.4) is 0 Å². The molecule has 0 radical (unpaired) electrons. The van der Waals surface area contributed by atoms with Gasteiger partial charge in [0.2, 0.25) is 11.8 Å². The SMILES string of the molecule is CC(NC(=O)C1CCCN(C(=O)Nc2ccccc2)C1)C(=O)NC(C)(C)C. The zero-order valence-corrected chi connectivity index (χ0v) is 16.5. The molecule has 2 rings (SSSR count). The van der Waals surface area contributed by atoms with E-state index in [9.17, 15) is 14.4 Å². The molecular weight excluding hydrogens is 344 g/mol. The normalized spacial score (nSPS) is 18.4. The van der Waals surface area contributed by atoms with Gasteiger partial charge in [-0.05, 0) is 52.7 Å². The maximum Gasteiger partial charge on any atom is 0.321 e. The molecule has 0 bridgehead atoms. The number of amides is 4. The van der Waals surface area contributed by atoms with Gasteiger partial charge >= 0.3 is 6.03 Å². The highest BCUT2D eigenvalue weighted by molar-refractivity contribution is 5.91. The number of urea groups is 1. The summed E-state index contributed by atoms with van der Waals surface area (Å²) in [6.45, 7) is 8.31. The van der Waals surface area contributed by atoms with Crippen LogP contribution in [-0.2, 0) is 9.59 Å². The van der Waals surface area contributed by atoms with E-state index < -0.39 is 6.04 Å². The zero-order chi connectivity index (χ0) is 20.0. The summed E-state index contributed by atoms with van der Waals surface area (Å²) in [7, 11) is 0. The van der Waals surface area contributed by atoms with Gasteiger partial charge in [-0.15, -0.1) is 0 Å². The van der Waals surface area contributed by atoms with Gasteiger partial charge in [0, 0.05) is 24.3 Å². The molecule has 0 aromatic heterocycles. The Morgan fingerprint density at radius 3 is 2.44 bits per heavy atom. The third-order valence-electron chi connectivity index (χ3n) is 4.35. The Hall–Kier alpha value is -2.57. The van der Waals surface area contributed by atoms with Crippen molar-refractivity contribution in [2.24, 2.45) is 5.92 Å². The quantitative estimate of drug-likeness (QED) is 0.756. The van der Waals surface area contributed by atoms with Crippen LogP contribution in [0, 0.1) is 5.92 Å². The predicted molar refractivity (Wildman–Crippen MR) is 105 cm³/mol. The Balaban J connectivity index is 1.88. The number of piperidine rings is 1. The number of benzene rings is 1. The van der Waals surface area contributed by atoms with E-state index in [0.29, 0.717) is 19.5 Å². The fourth-order valence-corrected chi connectivity index (χ4v) is 2.97. The molecule has 7 nitrogen and oxygen atoms in total. The number of carbonyl (C=O) groups excluding carboxylic acids is 3. The van der Waals surface area contributed by atoms with E-state index in [2.05, 4.69) is 16.0 Å². The van der Waals surface area contributed by atoms with Crippen LogP contribution in [0.15, 0.2) is 30.3 Å². The minimum atomic E-state index is -0.620. The summed E-state index contributed by atoms with van der Waals surface area (Å²) in [6, 6.07) is 8.40. The first kappa shape index (κ1) is 20.7. The molecule has 0 spiro atoms. The number of likely N-dealkylation sites (tertiary alicyclic amines) is 1. The first-order valence-electron chi connectivity index (χ1n) is 9.39. The molecule has 2 unspecified atom stereocenters. The lowest BCUT2D eigenvalue weighted by molar-refractivity contribution is -0.132. The molecule has 148 valence electrons. The Bertz CT molecular complexity index is 670. The van der Waals surface area contributed by atoms with Crippen LogP contribution in [0.5, 0.6) is 0 Å². The topological polar surface area (TPSA) is 90.5 Å². The van der Waals surface area contributed by atoms with Gasteiger partial charge in [0.1, 0.15) is 6.04 Å². The lowest BCUT2D eigenvalue weighted by Crippen LogP contribution is -2.53. The minimum Gasteiger partial charge on any atom is -0.350 e. The van der Waals surface area contributed by atoms with Crippen molar-refractivity contribution in [2.45, 2.75) is 52.1 Å². The molecule has 1 aromatic carbocycles. The van der Waals surface area contributed by atoms with Crippen LogP contribution in [-0.4, -0.2) is 47.4 Å². The molecule has 3 N–H and O–H groups in total. The van der Waals surface area contributed by atoms with E-state index in [-0.39, 0.29) is 29.3 Å². The summed E-state index contributed by atoms with van der Waals surface area (Å²) in [5.74, 6) is -0.723. The largest absolute Gasteiger partial charge is 0.350 e. The lowest BCUT2D eigenvalue weighted by atomic mass is 9.97. The van der Waals surface area contributed by atoms with Gasteiger partial charge in [-0.25, -0.2) is 4.79 Å². The first-order valence-corrected chi connectivity index (χ1v) is 9.39. The van der Waals surface area contributed by atoms with Gasteiger partial charge in [0.05, 0.1) is 5.92 Å². The summed E-state index contributed by atoms with van der Waals surface area (Å²) in [6.07, 6.45) is 1.46. The van der Waals surface area contributed by atoms with Crippen molar-refractivity contribution in [2.75, 3.05) is 18.4 Å². The summed E-state index contributed by atoms with van der Waals surface area (Å²) in [5, 5.41) is 8.47. The predicted octanol–water partition coefficient (Wildman–Crippen LogP) is 2.35. The minimum absolute atomic E-state index is 0.191. The number of anilines is 1. The van der Waals surface area contributed by atoms with E-state index in [1.54, 1.807) is 11.8 Å². The molecule has 1 heterocycles. The summed E-state index contributed by atoms with van der Waals surface area (Å²) in [5.41, 5.74) is 0.370. The highest BCUT2D eigenvalue weighted by atomic mass is 16.2. The number of nitrogens with one attached hydrogen (secondary N) is 3. The van der Waals surface area contributed by atoms with Crippen LogP contribution < -0.4 is 16.0 Å². The number of para-hydroxylation sites is 1. The second-order valence-electron chi connectivity index (χ2n) is 8.05. The maximum atomic E-state index is 12.6. The van der Waals surface area contributed by atoms with Crippen LogP contribution in [0.25, 0.3) is 0 Å². The molecule has 0 aliphatic carbocycles. The van der Waals surface area contributed by atoms with Gasteiger partial charge < -0.3 is 20.9 Å². The molecule has 27 heavy (non-hydrogen) atoms. The molecule has 1 saturated heterocycles. The fourth-order valence-electron chi connectivity index (χ4n) is 2.97. The van der Waals surface area contributed by atoms with Gasteiger partial charge in [0.15, 0.2) is 0 Å². The average Bonchev–Trinajstić information content (AvgIpc) is 2.61. The summed E-state index contributed by atoms with van der Waals surface area (Å²) >= 11 is 0. The molecule has 2 atom stereocenters. The number of nitrogens with zero attached hydrogens (tertiary/aromatic N) is 1. The smallest absolute Gasteiger partial charge is 0.321 e. The third-order valence-corrected chi connectivity index (χ3v) is 4.35. The van der Waals surface area contributed by atoms with Crippen molar-refractivity contribution in [3.63, 3.8) is 0 Å². The summed E-state index contributed by atoms with van der Waals surface area (Å²) in [4.78, 5) is 38.8. The maximum absolute atomic E-state index is 12.6. The number of hydrogen-bond acceptors (Lipinski definition) is 3. The Morgan fingerprint density at radius 2 is 1.81 bits per heavy atom. The van der Waals surface area contributed by atoms with Crippen molar-refractivity contribution in [1.82, 2.24) is 15.5 Å². The average molecular weight is 374 g/mol. The summed E-state index contributed by atoms with van der Waals surface area (Å²) < 4.78 is 0. The van der Waals surface area contributed by atoms with Crippen molar-refractivity contribution in [3.8, 4) is 0 Å².